The first kappa shape index (κ1) is 15.5. The molecule has 1 amide bonds. The van der Waals surface area contributed by atoms with Gasteiger partial charge in [-0.15, -0.1) is 0 Å². The fraction of sp³-hybridized carbons (Fsp3) is 0.462. The van der Waals surface area contributed by atoms with E-state index >= 15 is 0 Å². The molecule has 18 heavy (non-hydrogen) atoms. The third-order valence-corrected chi connectivity index (χ3v) is 3.48. The summed E-state index contributed by atoms with van der Waals surface area (Å²) in [6.07, 6.45) is 0.862. The van der Waals surface area contributed by atoms with Gasteiger partial charge in [0.1, 0.15) is 0 Å². The van der Waals surface area contributed by atoms with Crippen molar-refractivity contribution in [3.8, 4) is 0 Å². The van der Waals surface area contributed by atoms with E-state index < -0.39 is 0 Å². The van der Waals surface area contributed by atoms with Crippen molar-refractivity contribution in [2.45, 2.75) is 26.3 Å². The molecule has 0 spiro atoms. The van der Waals surface area contributed by atoms with Gasteiger partial charge in [0.05, 0.1) is 5.56 Å². The minimum atomic E-state index is -0.152. The van der Waals surface area contributed by atoms with Gasteiger partial charge in [0, 0.05) is 22.1 Å². The lowest BCUT2D eigenvalue weighted by atomic mass is 10.0. The first-order valence-corrected chi connectivity index (χ1v) is 7.07. The van der Waals surface area contributed by atoms with E-state index in [9.17, 15) is 4.79 Å². The molecule has 1 rings (SSSR count). The Labute approximate surface area is 121 Å². The normalized spacial score (nSPS) is 12.6. The smallest absolute Gasteiger partial charge is 0.252 e. The van der Waals surface area contributed by atoms with Crippen molar-refractivity contribution in [2.24, 2.45) is 11.7 Å². The Morgan fingerprint density at radius 1 is 1.50 bits per heavy atom. The van der Waals surface area contributed by atoms with E-state index in [2.05, 4.69) is 35.1 Å². The number of hydrogen-bond acceptors (Lipinski definition) is 2. The predicted octanol–water partition coefficient (Wildman–Crippen LogP) is 3.21. The van der Waals surface area contributed by atoms with Gasteiger partial charge in [-0.05, 0) is 46.5 Å². The molecule has 1 aromatic carbocycles. The Hall–Kier alpha value is -0.580. The van der Waals surface area contributed by atoms with Crippen molar-refractivity contribution in [3.05, 3.63) is 33.3 Å². The maximum absolute atomic E-state index is 12.1. The summed E-state index contributed by atoms with van der Waals surface area (Å²) in [5.74, 6) is 0.335. The van der Waals surface area contributed by atoms with Crippen molar-refractivity contribution < 1.29 is 4.79 Å². The number of hydrogen-bond donors (Lipinski definition) is 2. The molecule has 0 bridgehead atoms. The van der Waals surface area contributed by atoms with Crippen LogP contribution in [-0.4, -0.2) is 18.5 Å². The van der Waals surface area contributed by atoms with Crippen LogP contribution in [0.3, 0.4) is 0 Å². The fourth-order valence-electron chi connectivity index (χ4n) is 1.72. The Bertz CT molecular complexity index is 423. The van der Waals surface area contributed by atoms with Crippen LogP contribution in [0.4, 0.5) is 0 Å². The summed E-state index contributed by atoms with van der Waals surface area (Å²) in [4.78, 5) is 12.1. The van der Waals surface area contributed by atoms with Crippen LogP contribution in [0.1, 0.15) is 30.6 Å². The van der Waals surface area contributed by atoms with Crippen molar-refractivity contribution in [1.82, 2.24) is 5.32 Å². The number of nitrogens with one attached hydrogen (secondary N) is 1. The highest BCUT2D eigenvalue weighted by atomic mass is 79.9. The molecular formula is C13H18BrClN2O. The molecule has 1 atom stereocenters. The predicted molar refractivity (Wildman–Crippen MR) is 78.9 cm³/mol. The van der Waals surface area contributed by atoms with Gasteiger partial charge < -0.3 is 11.1 Å². The SMILES string of the molecule is CC(C)CC(CN)NC(=O)c1cc(Cl)ccc1Br. The van der Waals surface area contributed by atoms with Crippen molar-refractivity contribution in [2.75, 3.05) is 6.54 Å². The minimum Gasteiger partial charge on any atom is -0.348 e. The van der Waals surface area contributed by atoms with E-state index in [1.807, 2.05) is 0 Å². The lowest BCUT2D eigenvalue weighted by molar-refractivity contribution is 0.0933. The quantitative estimate of drug-likeness (QED) is 0.869. The third-order valence-electron chi connectivity index (χ3n) is 2.55. The van der Waals surface area contributed by atoms with E-state index in [0.717, 1.165) is 10.9 Å². The number of amides is 1. The Kier molecular flexibility index (Phi) is 6.12. The second-order valence-electron chi connectivity index (χ2n) is 4.66. The first-order chi connectivity index (χ1) is 8.43. The topological polar surface area (TPSA) is 55.1 Å². The van der Waals surface area contributed by atoms with Crippen molar-refractivity contribution >= 4 is 33.4 Å². The van der Waals surface area contributed by atoms with Gasteiger partial charge in [-0.25, -0.2) is 0 Å². The summed E-state index contributed by atoms with van der Waals surface area (Å²) in [5, 5.41) is 3.47. The minimum absolute atomic E-state index is 0.0108. The Balaban J connectivity index is 2.77. The molecule has 3 nitrogen and oxygen atoms in total. The van der Waals surface area contributed by atoms with Crippen molar-refractivity contribution in [3.63, 3.8) is 0 Å². The van der Waals surface area contributed by atoms with Gasteiger partial charge in [-0.1, -0.05) is 25.4 Å². The van der Waals surface area contributed by atoms with Gasteiger partial charge in [0.2, 0.25) is 0 Å². The number of halogens is 2. The number of rotatable bonds is 5. The van der Waals surface area contributed by atoms with Gasteiger partial charge in [0.25, 0.3) is 5.91 Å². The van der Waals surface area contributed by atoms with Gasteiger partial charge >= 0.3 is 0 Å². The van der Waals surface area contributed by atoms with Crippen LogP contribution in [0.25, 0.3) is 0 Å². The summed E-state index contributed by atoms with van der Waals surface area (Å²) in [6.45, 7) is 4.64. The Morgan fingerprint density at radius 3 is 2.72 bits per heavy atom. The lowest BCUT2D eigenvalue weighted by Gasteiger charge is -2.19. The zero-order chi connectivity index (χ0) is 13.7. The van der Waals surface area contributed by atoms with Crippen LogP contribution < -0.4 is 11.1 Å². The summed E-state index contributed by atoms with van der Waals surface area (Å²) in [7, 11) is 0. The maximum Gasteiger partial charge on any atom is 0.252 e. The highest BCUT2D eigenvalue weighted by molar-refractivity contribution is 9.10. The molecule has 0 aliphatic carbocycles. The zero-order valence-corrected chi connectivity index (χ0v) is 12.9. The molecule has 0 aliphatic heterocycles. The molecule has 5 heteroatoms. The highest BCUT2D eigenvalue weighted by Crippen LogP contribution is 2.21. The van der Waals surface area contributed by atoms with Crippen LogP contribution in [0.5, 0.6) is 0 Å². The van der Waals surface area contributed by atoms with E-state index in [-0.39, 0.29) is 11.9 Å². The molecule has 0 heterocycles. The number of carbonyl (C=O) groups excluding carboxylic acids is 1. The van der Waals surface area contributed by atoms with Crippen molar-refractivity contribution in [1.29, 1.82) is 0 Å². The molecule has 1 unspecified atom stereocenters. The molecule has 0 saturated carbocycles. The van der Waals surface area contributed by atoms with E-state index in [0.29, 0.717) is 23.0 Å². The summed E-state index contributed by atoms with van der Waals surface area (Å²) >= 11 is 9.23. The zero-order valence-electron chi connectivity index (χ0n) is 10.5. The molecule has 100 valence electrons. The van der Waals surface area contributed by atoms with Crippen LogP contribution in [-0.2, 0) is 0 Å². The van der Waals surface area contributed by atoms with Crippen LogP contribution >= 0.6 is 27.5 Å². The fourth-order valence-corrected chi connectivity index (χ4v) is 2.32. The summed E-state index contributed by atoms with van der Waals surface area (Å²) < 4.78 is 0.727. The van der Waals surface area contributed by atoms with Gasteiger partial charge in [0.15, 0.2) is 0 Å². The van der Waals surface area contributed by atoms with E-state index in [1.54, 1.807) is 18.2 Å². The molecule has 0 radical (unpaired) electrons. The summed E-state index contributed by atoms with van der Waals surface area (Å²) in [6, 6.07) is 5.13. The van der Waals surface area contributed by atoms with E-state index in [4.69, 9.17) is 17.3 Å². The Morgan fingerprint density at radius 2 is 2.17 bits per heavy atom. The van der Waals surface area contributed by atoms with Gasteiger partial charge in [-0.2, -0.15) is 0 Å². The molecule has 0 aromatic heterocycles. The lowest BCUT2D eigenvalue weighted by Crippen LogP contribution is -2.41. The average molecular weight is 334 g/mol. The largest absolute Gasteiger partial charge is 0.348 e. The first-order valence-electron chi connectivity index (χ1n) is 5.90. The molecule has 0 fully saturated rings. The van der Waals surface area contributed by atoms with E-state index in [1.165, 1.54) is 0 Å². The second kappa shape index (κ2) is 7.12. The molecule has 0 aliphatic rings. The number of nitrogens with two attached hydrogens (primary N) is 1. The summed E-state index contributed by atoms with van der Waals surface area (Å²) in [5.41, 5.74) is 6.20. The second-order valence-corrected chi connectivity index (χ2v) is 5.95. The third kappa shape index (κ3) is 4.59. The van der Waals surface area contributed by atoms with Crippen LogP contribution in [0.2, 0.25) is 5.02 Å². The monoisotopic (exact) mass is 332 g/mol. The molecular weight excluding hydrogens is 316 g/mol. The molecule has 3 N–H and O–H groups in total. The van der Waals surface area contributed by atoms with Crippen LogP contribution in [0.15, 0.2) is 22.7 Å². The maximum atomic E-state index is 12.1. The molecule has 0 saturated heterocycles. The highest BCUT2D eigenvalue weighted by Gasteiger charge is 2.16. The standard InChI is InChI=1S/C13H18BrClN2O/c1-8(2)5-10(7-16)17-13(18)11-6-9(15)3-4-12(11)14/h3-4,6,8,10H,5,7,16H2,1-2H3,(H,17,18). The average Bonchev–Trinajstić information content (AvgIpc) is 2.30. The number of benzene rings is 1. The number of carbonyl (C=O) groups is 1. The molecule has 1 aromatic rings. The van der Waals surface area contributed by atoms with Crippen LogP contribution in [0, 0.1) is 5.92 Å². The van der Waals surface area contributed by atoms with Gasteiger partial charge in [-0.3, -0.25) is 4.79 Å².